The Hall–Kier alpha value is -3.58. The van der Waals surface area contributed by atoms with E-state index >= 15 is 0 Å². The lowest BCUT2D eigenvalue weighted by Crippen LogP contribution is -2.46. The molecule has 1 amide bonds. The SMILES string of the molecule is COc1ccc(CNC(=O)c2cccc(N3CCN[C@@H](c4ccccc4)C3)n2)cc1OC. The molecule has 4 rings (SSSR count). The average molecular weight is 433 g/mol. The lowest BCUT2D eigenvalue weighted by atomic mass is 10.0. The minimum absolute atomic E-state index is 0.212. The normalized spacial score (nSPS) is 15.8. The molecule has 2 aromatic carbocycles. The summed E-state index contributed by atoms with van der Waals surface area (Å²) < 4.78 is 10.6. The molecule has 2 N–H and O–H groups in total. The molecule has 1 fully saturated rings. The highest BCUT2D eigenvalue weighted by molar-refractivity contribution is 5.92. The zero-order chi connectivity index (χ0) is 22.3. The summed E-state index contributed by atoms with van der Waals surface area (Å²) in [5, 5.41) is 6.50. The molecule has 7 heteroatoms. The van der Waals surface area contributed by atoms with Gasteiger partial charge in [-0.2, -0.15) is 0 Å². The van der Waals surface area contributed by atoms with E-state index in [0.29, 0.717) is 23.7 Å². The predicted octanol–water partition coefficient (Wildman–Crippen LogP) is 3.18. The largest absolute Gasteiger partial charge is 0.493 e. The number of aromatic nitrogens is 1. The smallest absolute Gasteiger partial charge is 0.270 e. The summed E-state index contributed by atoms with van der Waals surface area (Å²) >= 11 is 0. The Morgan fingerprint density at radius 3 is 2.66 bits per heavy atom. The molecule has 1 aliphatic heterocycles. The van der Waals surface area contributed by atoms with E-state index in [1.165, 1.54) is 5.56 Å². The Morgan fingerprint density at radius 2 is 1.88 bits per heavy atom. The number of rotatable bonds is 7. The fourth-order valence-corrected chi connectivity index (χ4v) is 3.86. The van der Waals surface area contributed by atoms with Crippen molar-refractivity contribution in [2.45, 2.75) is 12.6 Å². The zero-order valence-corrected chi connectivity index (χ0v) is 18.4. The van der Waals surface area contributed by atoms with Crippen molar-refractivity contribution in [1.82, 2.24) is 15.6 Å². The van der Waals surface area contributed by atoms with Crippen LogP contribution in [0.4, 0.5) is 5.82 Å². The van der Waals surface area contributed by atoms with E-state index in [9.17, 15) is 4.79 Å². The minimum Gasteiger partial charge on any atom is -0.493 e. The number of piperazine rings is 1. The Morgan fingerprint density at radius 1 is 1.06 bits per heavy atom. The summed E-state index contributed by atoms with van der Waals surface area (Å²) in [5.41, 5.74) is 2.57. The maximum absolute atomic E-state index is 12.8. The third kappa shape index (κ3) is 5.00. The van der Waals surface area contributed by atoms with E-state index in [-0.39, 0.29) is 11.9 Å². The van der Waals surface area contributed by atoms with Crippen molar-refractivity contribution in [1.29, 1.82) is 0 Å². The van der Waals surface area contributed by atoms with Crippen LogP contribution in [0.2, 0.25) is 0 Å². The van der Waals surface area contributed by atoms with Gasteiger partial charge in [0.05, 0.1) is 14.2 Å². The number of amides is 1. The van der Waals surface area contributed by atoms with E-state index in [4.69, 9.17) is 9.47 Å². The summed E-state index contributed by atoms with van der Waals surface area (Å²) in [6, 6.07) is 21.8. The third-order valence-electron chi connectivity index (χ3n) is 5.57. The summed E-state index contributed by atoms with van der Waals surface area (Å²) in [4.78, 5) is 19.6. The Kier molecular flexibility index (Phi) is 6.87. The van der Waals surface area contributed by atoms with E-state index in [1.54, 1.807) is 20.3 Å². The number of benzene rings is 2. The van der Waals surface area contributed by atoms with Gasteiger partial charge >= 0.3 is 0 Å². The number of carbonyl (C=O) groups excluding carboxylic acids is 1. The van der Waals surface area contributed by atoms with Crippen LogP contribution in [-0.4, -0.2) is 44.7 Å². The first-order valence-electron chi connectivity index (χ1n) is 10.7. The molecule has 0 spiro atoms. The van der Waals surface area contributed by atoms with Crippen molar-refractivity contribution in [2.75, 3.05) is 38.8 Å². The highest BCUT2D eigenvalue weighted by Crippen LogP contribution is 2.27. The highest BCUT2D eigenvalue weighted by Gasteiger charge is 2.22. The van der Waals surface area contributed by atoms with Gasteiger partial charge in [-0.25, -0.2) is 4.98 Å². The van der Waals surface area contributed by atoms with Gasteiger partial charge < -0.3 is 25.0 Å². The zero-order valence-electron chi connectivity index (χ0n) is 18.4. The molecule has 1 aliphatic rings. The number of nitrogens with zero attached hydrogens (tertiary/aromatic N) is 2. The first-order valence-corrected chi connectivity index (χ1v) is 10.7. The number of ether oxygens (including phenoxy) is 2. The molecule has 0 aliphatic carbocycles. The maximum Gasteiger partial charge on any atom is 0.270 e. The summed E-state index contributed by atoms with van der Waals surface area (Å²) in [5.74, 6) is 1.88. The molecule has 1 aromatic heterocycles. The average Bonchev–Trinajstić information content (AvgIpc) is 2.87. The number of methoxy groups -OCH3 is 2. The Labute approximate surface area is 188 Å². The molecule has 7 nitrogen and oxygen atoms in total. The molecular formula is C25H28N4O3. The molecular weight excluding hydrogens is 404 g/mol. The third-order valence-corrected chi connectivity index (χ3v) is 5.57. The lowest BCUT2D eigenvalue weighted by Gasteiger charge is -2.35. The maximum atomic E-state index is 12.8. The molecule has 0 unspecified atom stereocenters. The number of carbonyl (C=O) groups is 1. The summed E-state index contributed by atoms with van der Waals surface area (Å²) in [6.45, 7) is 2.87. The first kappa shape index (κ1) is 21.6. The van der Waals surface area contributed by atoms with Gasteiger partial charge in [0.15, 0.2) is 11.5 Å². The van der Waals surface area contributed by atoms with Crippen molar-refractivity contribution in [3.8, 4) is 11.5 Å². The van der Waals surface area contributed by atoms with Gasteiger partial charge in [-0.3, -0.25) is 4.79 Å². The van der Waals surface area contributed by atoms with E-state index in [0.717, 1.165) is 31.0 Å². The van der Waals surface area contributed by atoms with Crippen molar-refractivity contribution in [3.63, 3.8) is 0 Å². The van der Waals surface area contributed by atoms with Crippen LogP contribution in [0.1, 0.15) is 27.7 Å². The van der Waals surface area contributed by atoms with Gasteiger partial charge in [-0.1, -0.05) is 42.5 Å². The Bertz CT molecular complexity index is 1060. The summed E-state index contributed by atoms with van der Waals surface area (Å²) in [6.07, 6.45) is 0. The molecule has 166 valence electrons. The molecule has 3 aromatic rings. The van der Waals surface area contributed by atoms with Crippen LogP contribution in [0.5, 0.6) is 11.5 Å². The van der Waals surface area contributed by atoms with E-state index in [1.807, 2.05) is 36.4 Å². The van der Waals surface area contributed by atoms with Crippen LogP contribution in [0.3, 0.4) is 0 Å². The van der Waals surface area contributed by atoms with Crippen LogP contribution in [0.25, 0.3) is 0 Å². The van der Waals surface area contributed by atoms with Crippen LogP contribution in [-0.2, 0) is 6.54 Å². The van der Waals surface area contributed by atoms with Crippen molar-refractivity contribution in [3.05, 3.63) is 83.6 Å². The van der Waals surface area contributed by atoms with Crippen LogP contribution < -0.4 is 25.0 Å². The molecule has 1 saturated heterocycles. The second-order valence-electron chi connectivity index (χ2n) is 7.62. The topological polar surface area (TPSA) is 75.7 Å². The van der Waals surface area contributed by atoms with Crippen molar-refractivity contribution in [2.24, 2.45) is 0 Å². The fraction of sp³-hybridized carbons (Fsp3) is 0.280. The molecule has 32 heavy (non-hydrogen) atoms. The summed E-state index contributed by atoms with van der Waals surface area (Å²) in [7, 11) is 3.19. The van der Waals surface area contributed by atoms with Crippen molar-refractivity contribution < 1.29 is 14.3 Å². The minimum atomic E-state index is -0.212. The molecule has 1 atom stereocenters. The number of anilines is 1. The molecule has 0 saturated carbocycles. The van der Waals surface area contributed by atoms with Gasteiger partial charge in [-0.05, 0) is 35.4 Å². The van der Waals surface area contributed by atoms with Crippen LogP contribution in [0, 0.1) is 0 Å². The van der Waals surface area contributed by atoms with Gasteiger partial charge in [0.1, 0.15) is 11.5 Å². The number of hydrogen-bond acceptors (Lipinski definition) is 6. The van der Waals surface area contributed by atoms with Gasteiger partial charge in [0.25, 0.3) is 5.91 Å². The number of nitrogens with one attached hydrogen (secondary N) is 2. The van der Waals surface area contributed by atoms with Crippen LogP contribution in [0.15, 0.2) is 66.7 Å². The van der Waals surface area contributed by atoms with Crippen LogP contribution >= 0.6 is 0 Å². The quantitative estimate of drug-likeness (QED) is 0.597. The van der Waals surface area contributed by atoms with Gasteiger partial charge in [0, 0.05) is 32.2 Å². The van der Waals surface area contributed by atoms with Gasteiger partial charge in [0.2, 0.25) is 0 Å². The fourth-order valence-electron chi connectivity index (χ4n) is 3.86. The molecule has 0 radical (unpaired) electrons. The number of hydrogen-bond donors (Lipinski definition) is 2. The second-order valence-corrected chi connectivity index (χ2v) is 7.62. The number of pyridine rings is 1. The first-order chi connectivity index (χ1) is 15.7. The van der Waals surface area contributed by atoms with Crippen molar-refractivity contribution >= 4 is 11.7 Å². The van der Waals surface area contributed by atoms with Gasteiger partial charge in [-0.15, -0.1) is 0 Å². The standard InChI is InChI=1S/C25H28N4O3/c1-31-22-12-11-18(15-23(22)32-2)16-27-25(30)20-9-6-10-24(28-20)29-14-13-26-21(17-29)19-7-4-3-5-8-19/h3-12,15,21,26H,13-14,16-17H2,1-2H3,(H,27,30)/t21-/m1/s1. The molecule has 0 bridgehead atoms. The monoisotopic (exact) mass is 432 g/mol. The highest BCUT2D eigenvalue weighted by atomic mass is 16.5. The predicted molar refractivity (Wildman–Crippen MR) is 124 cm³/mol. The van der Waals surface area contributed by atoms with E-state index < -0.39 is 0 Å². The lowest BCUT2D eigenvalue weighted by molar-refractivity contribution is 0.0946. The Balaban J connectivity index is 1.41. The second kappa shape index (κ2) is 10.2. The van der Waals surface area contributed by atoms with E-state index in [2.05, 4.69) is 44.8 Å². The molecule has 2 heterocycles.